The number of para-hydroxylation sites is 1. The van der Waals surface area contributed by atoms with E-state index in [1.165, 1.54) is 0 Å². The normalized spacial score (nSPS) is 15.9. The van der Waals surface area contributed by atoms with Gasteiger partial charge in [0.15, 0.2) is 0 Å². The van der Waals surface area contributed by atoms with E-state index in [2.05, 4.69) is 10.2 Å². The Balaban J connectivity index is 1.31. The highest BCUT2D eigenvalue weighted by Gasteiger charge is 2.28. The number of sulfonamides is 1. The fourth-order valence-electron chi connectivity index (χ4n) is 4.27. The minimum Gasteiger partial charge on any atom is -0.496 e. The van der Waals surface area contributed by atoms with Gasteiger partial charge in [-0.05, 0) is 42.8 Å². The molecule has 0 saturated carbocycles. The Labute approximate surface area is 207 Å². The summed E-state index contributed by atoms with van der Waals surface area (Å²) in [6.45, 7) is 4.87. The molecule has 8 heteroatoms. The van der Waals surface area contributed by atoms with Gasteiger partial charge in [0.25, 0.3) is 5.91 Å². The Kier molecular flexibility index (Phi) is 7.85. The van der Waals surface area contributed by atoms with Crippen LogP contribution in [0.4, 0.5) is 0 Å². The predicted molar refractivity (Wildman–Crippen MR) is 136 cm³/mol. The Hall–Kier alpha value is -3.20. The summed E-state index contributed by atoms with van der Waals surface area (Å²) in [5.41, 5.74) is 2.60. The summed E-state index contributed by atoms with van der Waals surface area (Å²) in [4.78, 5) is 15.3. The summed E-state index contributed by atoms with van der Waals surface area (Å²) in [7, 11) is -1.83. The summed E-state index contributed by atoms with van der Waals surface area (Å²) in [6, 6.07) is 23.6. The van der Waals surface area contributed by atoms with Gasteiger partial charge in [-0.15, -0.1) is 0 Å². The molecule has 0 bridgehead atoms. The van der Waals surface area contributed by atoms with E-state index in [4.69, 9.17) is 4.74 Å². The van der Waals surface area contributed by atoms with E-state index in [-0.39, 0.29) is 11.9 Å². The molecule has 1 aliphatic rings. The average molecular weight is 494 g/mol. The van der Waals surface area contributed by atoms with Gasteiger partial charge in [0.05, 0.1) is 18.0 Å². The van der Waals surface area contributed by atoms with Gasteiger partial charge in [-0.1, -0.05) is 48.5 Å². The van der Waals surface area contributed by atoms with Gasteiger partial charge in [0, 0.05) is 43.9 Å². The molecule has 1 fully saturated rings. The van der Waals surface area contributed by atoms with Crippen molar-refractivity contribution in [1.82, 2.24) is 14.5 Å². The fourth-order valence-corrected chi connectivity index (χ4v) is 5.71. The van der Waals surface area contributed by atoms with Crippen LogP contribution in [0.5, 0.6) is 5.75 Å². The number of carbonyl (C=O) groups is 1. The van der Waals surface area contributed by atoms with Crippen molar-refractivity contribution in [3.63, 3.8) is 0 Å². The number of hydrogen-bond donors (Lipinski definition) is 1. The zero-order chi connectivity index (χ0) is 24.8. The van der Waals surface area contributed by atoms with E-state index >= 15 is 0 Å². The Morgan fingerprint density at radius 1 is 0.914 bits per heavy atom. The highest BCUT2D eigenvalue weighted by molar-refractivity contribution is 7.89. The third-order valence-corrected chi connectivity index (χ3v) is 8.20. The number of methoxy groups -OCH3 is 1. The molecule has 7 nitrogen and oxygen atoms in total. The summed E-state index contributed by atoms with van der Waals surface area (Å²) in [6.07, 6.45) is 0. The molecule has 1 unspecified atom stereocenters. The highest BCUT2D eigenvalue weighted by Crippen LogP contribution is 2.24. The molecule has 0 aliphatic carbocycles. The van der Waals surface area contributed by atoms with Crippen LogP contribution in [0.15, 0.2) is 83.8 Å². The lowest BCUT2D eigenvalue weighted by Gasteiger charge is -2.34. The molecule has 1 atom stereocenters. The largest absolute Gasteiger partial charge is 0.496 e. The smallest absolute Gasteiger partial charge is 0.251 e. The first-order valence-corrected chi connectivity index (χ1v) is 13.1. The molecule has 0 spiro atoms. The van der Waals surface area contributed by atoms with Crippen molar-refractivity contribution in [2.24, 2.45) is 0 Å². The quantitative estimate of drug-likeness (QED) is 0.518. The molecule has 1 saturated heterocycles. The highest BCUT2D eigenvalue weighted by atomic mass is 32.2. The number of nitrogens with zero attached hydrogens (tertiary/aromatic N) is 2. The molecule has 184 valence electrons. The van der Waals surface area contributed by atoms with E-state index in [1.807, 2.05) is 61.5 Å². The Morgan fingerprint density at radius 2 is 1.54 bits per heavy atom. The average Bonchev–Trinajstić information content (AvgIpc) is 2.90. The maximum atomic E-state index is 12.8. The van der Waals surface area contributed by atoms with Gasteiger partial charge >= 0.3 is 0 Å². The molecular weight excluding hydrogens is 462 g/mol. The number of rotatable bonds is 8. The van der Waals surface area contributed by atoms with Crippen LogP contribution >= 0.6 is 0 Å². The number of benzene rings is 3. The standard InChI is InChI=1S/C27H31N3O4S/c1-21(25-10-6-7-11-26(25)34-2)28-27(31)23-14-12-22(13-15-23)20-29-16-18-30(19-17-29)35(32,33)24-8-4-3-5-9-24/h3-15,21H,16-20H2,1-2H3,(H,28,31). The number of piperazine rings is 1. The van der Waals surface area contributed by atoms with Gasteiger partial charge in [0.1, 0.15) is 5.75 Å². The van der Waals surface area contributed by atoms with Crippen LogP contribution in [0.3, 0.4) is 0 Å². The van der Waals surface area contributed by atoms with Gasteiger partial charge in [-0.2, -0.15) is 4.31 Å². The predicted octanol–water partition coefficient (Wildman–Crippen LogP) is 3.69. The number of carbonyl (C=O) groups excluding carboxylic acids is 1. The third-order valence-electron chi connectivity index (χ3n) is 6.29. The minimum absolute atomic E-state index is 0.144. The van der Waals surface area contributed by atoms with E-state index in [0.29, 0.717) is 43.2 Å². The van der Waals surface area contributed by atoms with Crippen LogP contribution in [-0.4, -0.2) is 56.8 Å². The van der Waals surface area contributed by atoms with E-state index in [0.717, 1.165) is 16.9 Å². The van der Waals surface area contributed by atoms with E-state index < -0.39 is 10.0 Å². The molecule has 35 heavy (non-hydrogen) atoms. The lowest BCUT2D eigenvalue weighted by Crippen LogP contribution is -2.48. The minimum atomic E-state index is -3.45. The van der Waals surface area contributed by atoms with Crippen LogP contribution < -0.4 is 10.1 Å². The molecule has 1 N–H and O–H groups in total. The summed E-state index contributed by atoms with van der Waals surface area (Å²) in [5, 5.41) is 3.03. The Bertz CT molecular complexity index is 1240. The van der Waals surface area contributed by atoms with Crippen molar-refractivity contribution in [3.05, 3.63) is 95.6 Å². The molecule has 4 rings (SSSR count). The van der Waals surface area contributed by atoms with E-state index in [9.17, 15) is 13.2 Å². The van der Waals surface area contributed by atoms with Crippen molar-refractivity contribution < 1.29 is 17.9 Å². The topological polar surface area (TPSA) is 79.0 Å². The number of hydrogen-bond acceptors (Lipinski definition) is 5. The van der Waals surface area contributed by atoms with E-state index in [1.54, 1.807) is 35.7 Å². The van der Waals surface area contributed by atoms with Gasteiger partial charge in [-0.3, -0.25) is 9.69 Å². The number of amides is 1. The zero-order valence-electron chi connectivity index (χ0n) is 20.1. The number of ether oxygens (including phenoxy) is 1. The SMILES string of the molecule is COc1ccccc1C(C)NC(=O)c1ccc(CN2CCN(S(=O)(=O)c3ccccc3)CC2)cc1. The lowest BCUT2D eigenvalue weighted by atomic mass is 10.1. The summed E-state index contributed by atoms with van der Waals surface area (Å²) < 4.78 is 32.6. The van der Waals surface area contributed by atoms with Crippen LogP contribution in [0.1, 0.15) is 34.5 Å². The Morgan fingerprint density at radius 3 is 2.20 bits per heavy atom. The lowest BCUT2D eigenvalue weighted by molar-refractivity contribution is 0.0939. The zero-order valence-corrected chi connectivity index (χ0v) is 20.9. The molecule has 1 heterocycles. The molecule has 1 aliphatic heterocycles. The van der Waals surface area contributed by atoms with Crippen molar-refractivity contribution in [2.45, 2.75) is 24.4 Å². The molecule has 3 aromatic rings. The van der Waals surface area contributed by atoms with Crippen molar-refractivity contribution in [3.8, 4) is 5.75 Å². The maximum Gasteiger partial charge on any atom is 0.251 e. The first-order valence-electron chi connectivity index (χ1n) is 11.7. The molecular formula is C27H31N3O4S. The van der Waals surface area contributed by atoms with Crippen LogP contribution in [0, 0.1) is 0 Å². The van der Waals surface area contributed by atoms with Gasteiger partial charge in [-0.25, -0.2) is 8.42 Å². The van der Waals surface area contributed by atoms with Gasteiger partial charge < -0.3 is 10.1 Å². The van der Waals surface area contributed by atoms with Crippen molar-refractivity contribution in [1.29, 1.82) is 0 Å². The first-order chi connectivity index (χ1) is 16.9. The first kappa shape index (κ1) is 24.9. The molecule has 3 aromatic carbocycles. The number of nitrogens with one attached hydrogen (secondary N) is 1. The molecule has 1 amide bonds. The maximum absolute atomic E-state index is 12.8. The van der Waals surface area contributed by atoms with Gasteiger partial charge in [0.2, 0.25) is 10.0 Å². The third kappa shape index (κ3) is 5.90. The second-order valence-corrected chi connectivity index (χ2v) is 10.6. The van der Waals surface area contributed by atoms with Crippen molar-refractivity contribution >= 4 is 15.9 Å². The second kappa shape index (κ2) is 11.0. The summed E-state index contributed by atoms with van der Waals surface area (Å²) >= 11 is 0. The van der Waals surface area contributed by atoms with Crippen LogP contribution in [0.2, 0.25) is 0 Å². The van der Waals surface area contributed by atoms with Crippen LogP contribution in [0.25, 0.3) is 0 Å². The fraction of sp³-hybridized carbons (Fsp3) is 0.296. The molecule has 0 radical (unpaired) electrons. The van der Waals surface area contributed by atoms with Crippen LogP contribution in [-0.2, 0) is 16.6 Å². The second-order valence-electron chi connectivity index (χ2n) is 8.63. The summed E-state index contributed by atoms with van der Waals surface area (Å²) in [5.74, 6) is 0.599. The monoisotopic (exact) mass is 493 g/mol. The molecule has 0 aromatic heterocycles. The van der Waals surface area contributed by atoms with Crippen molar-refractivity contribution in [2.75, 3.05) is 33.3 Å².